The number of hydrogen-bond donors (Lipinski definition) is 2. The Labute approximate surface area is 396 Å². The van der Waals surface area contributed by atoms with Crippen molar-refractivity contribution in [3.8, 4) is 34.5 Å². The Morgan fingerprint density at radius 3 is 0.761 bits per heavy atom. The van der Waals surface area contributed by atoms with Gasteiger partial charge in [0.1, 0.15) is 34.5 Å². The van der Waals surface area contributed by atoms with E-state index in [0.29, 0.717) is 5.75 Å². The maximum atomic E-state index is 12.5. The van der Waals surface area contributed by atoms with Crippen LogP contribution in [0.2, 0.25) is 0 Å². The zero-order valence-electron chi connectivity index (χ0n) is 36.3. The number of phenolic OH excluding ortho intramolecular Hbond substituents is 2. The van der Waals surface area contributed by atoms with Crippen LogP contribution in [0, 0.1) is 0 Å². The molecule has 0 fully saturated rings. The minimum absolute atomic E-state index is 0. The molecule has 0 spiro atoms. The predicted molar refractivity (Wildman–Crippen MR) is 262 cm³/mol. The van der Waals surface area contributed by atoms with Crippen LogP contribution >= 0.6 is 0 Å². The number of halogens is 2. The maximum absolute atomic E-state index is 12.5. The second-order valence-corrected chi connectivity index (χ2v) is 19.5. The lowest BCUT2D eigenvalue weighted by atomic mass is 9.78. The molecule has 0 bridgehead atoms. The molecule has 0 aromatic heterocycles. The van der Waals surface area contributed by atoms with Crippen LogP contribution in [-0.4, -0.2) is 48.8 Å². The number of aromatic hydroxyl groups is 2. The highest BCUT2D eigenvalue weighted by Gasteiger charge is 2.26. The molecule has 0 amide bonds. The topological polar surface area (TPSA) is 180 Å². The molecule has 6 aromatic rings. The van der Waals surface area contributed by atoms with Crippen molar-refractivity contribution >= 4 is 31.1 Å². The van der Waals surface area contributed by atoms with Gasteiger partial charge >= 0.3 is 31.1 Å². The van der Waals surface area contributed by atoms with Gasteiger partial charge in [-0.1, -0.05) is 144 Å². The summed E-state index contributed by atoms with van der Waals surface area (Å²) in [6.45, 7) is 12.2. The molecule has 0 radical (unpaired) electrons. The average molecular weight is 989 g/mol. The summed E-state index contributed by atoms with van der Waals surface area (Å²) in [7, 11) is -12.0. The molecular formula is C50H62F2O12S3. The Hall–Kier alpha value is -6.17. The number of ether oxygens (including phenoxy) is 1. The minimum atomic E-state index is -5.09. The van der Waals surface area contributed by atoms with Gasteiger partial charge in [-0.3, -0.25) is 0 Å². The molecule has 0 aliphatic carbocycles. The van der Waals surface area contributed by atoms with Gasteiger partial charge in [0.2, 0.25) is 0 Å². The second-order valence-electron chi connectivity index (χ2n) is 16.0. The highest BCUT2D eigenvalue weighted by molar-refractivity contribution is 7.86. The normalized spacial score (nSPS) is 11.6. The maximum Gasteiger partial charge on any atom is 0.488 e. The van der Waals surface area contributed by atoms with Gasteiger partial charge in [-0.25, -0.2) is 0 Å². The predicted octanol–water partition coefficient (Wildman–Crippen LogP) is 11.9. The summed E-state index contributed by atoms with van der Waals surface area (Å²) >= 11 is 0. The molecular weight excluding hydrogens is 927 g/mol. The van der Waals surface area contributed by atoms with Crippen molar-refractivity contribution < 1.29 is 60.5 Å². The van der Waals surface area contributed by atoms with Crippen LogP contribution in [0.3, 0.4) is 0 Å². The van der Waals surface area contributed by atoms with Crippen LogP contribution in [-0.2, 0) is 47.4 Å². The Morgan fingerprint density at radius 1 is 0.373 bits per heavy atom. The van der Waals surface area contributed by atoms with Crippen molar-refractivity contribution in [3.05, 3.63) is 179 Å². The van der Waals surface area contributed by atoms with E-state index in [0.717, 1.165) is 45.4 Å². The average Bonchev–Trinajstić information content (AvgIpc) is 3.20. The number of methoxy groups -OCH3 is 1. The van der Waals surface area contributed by atoms with E-state index in [-0.39, 0.29) is 56.1 Å². The van der Waals surface area contributed by atoms with Gasteiger partial charge in [0, 0.05) is 16.2 Å². The standard InChI is InChI=1S/C17H20O4S.C15H14F2O6S2.C15H16O2.3CH4/c1-17(2,13-5-9-15(20-3)10-6-13)14-7-11-16(12-8-14)21-22(4,18)19;1-15(2,11-3-7-13(8-4-11)22-24(16,18)19)12-5-9-14(10-6-12)23-25(17,20)21;1-15(2,11-3-7-13(16)8-4-11)12-5-9-14(17)10-6-12;;;/h5-12H,1-4H3;3-10H,1-2H3;3-10,16-17H,1-2H3;3*1H4. The van der Waals surface area contributed by atoms with Gasteiger partial charge in [-0.2, -0.15) is 25.3 Å². The zero-order chi connectivity index (χ0) is 47.7. The number of rotatable bonds is 13. The van der Waals surface area contributed by atoms with E-state index in [1.807, 2.05) is 74.5 Å². The molecule has 366 valence electrons. The van der Waals surface area contributed by atoms with Gasteiger partial charge < -0.3 is 27.5 Å². The molecule has 67 heavy (non-hydrogen) atoms. The highest BCUT2D eigenvalue weighted by Crippen LogP contribution is 2.36. The fraction of sp³-hybridized carbons (Fsp3) is 0.280. The summed E-state index contributed by atoms with van der Waals surface area (Å²) in [6, 6.07) is 40.9. The number of hydrogen-bond acceptors (Lipinski definition) is 12. The first-order chi connectivity index (χ1) is 29.6. The van der Waals surface area contributed by atoms with Crippen LogP contribution in [0.15, 0.2) is 146 Å². The Kier molecular flexibility index (Phi) is 20.7. The van der Waals surface area contributed by atoms with Crippen molar-refractivity contribution in [2.45, 2.75) is 80.1 Å². The van der Waals surface area contributed by atoms with Crippen LogP contribution in [0.5, 0.6) is 34.5 Å². The molecule has 0 atom stereocenters. The Bertz CT molecular complexity index is 2670. The highest BCUT2D eigenvalue weighted by atomic mass is 32.3. The first-order valence-corrected chi connectivity index (χ1v) is 23.8. The summed E-state index contributed by atoms with van der Waals surface area (Å²) in [5.74, 6) is 1.34. The van der Waals surface area contributed by atoms with E-state index in [2.05, 4.69) is 36.1 Å². The molecule has 0 aliphatic rings. The molecule has 0 saturated carbocycles. The third-order valence-corrected chi connectivity index (χ3v) is 11.6. The van der Waals surface area contributed by atoms with E-state index in [9.17, 15) is 43.2 Å². The van der Waals surface area contributed by atoms with Crippen LogP contribution < -0.4 is 17.3 Å². The van der Waals surface area contributed by atoms with E-state index < -0.39 is 36.5 Å². The van der Waals surface area contributed by atoms with Gasteiger partial charge in [-0.15, -0.1) is 0 Å². The fourth-order valence-electron chi connectivity index (χ4n) is 6.45. The summed E-state index contributed by atoms with van der Waals surface area (Å²) < 4.78 is 107. The van der Waals surface area contributed by atoms with Crippen molar-refractivity contribution in [2.75, 3.05) is 13.4 Å². The lowest BCUT2D eigenvalue weighted by Crippen LogP contribution is -2.18. The molecule has 6 rings (SSSR count). The first-order valence-electron chi connectivity index (χ1n) is 19.3. The van der Waals surface area contributed by atoms with Crippen molar-refractivity contribution in [1.82, 2.24) is 0 Å². The van der Waals surface area contributed by atoms with Crippen molar-refractivity contribution in [2.24, 2.45) is 0 Å². The summed E-state index contributed by atoms with van der Waals surface area (Å²) in [6.07, 6.45) is 1.03. The van der Waals surface area contributed by atoms with E-state index in [1.54, 1.807) is 67.8 Å². The summed E-state index contributed by atoms with van der Waals surface area (Å²) in [4.78, 5) is 0. The zero-order valence-corrected chi connectivity index (χ0v) is 38.8. The smallest absolute Gasteiger partial charge is 0.488 e. The quantitative estimate of drug-likeness (QED) is 0.0827. The Morgan fingerprint density at radius 2 is 0.567 bits per heavy atom. The largest absolute Gasteiger partial charge is 0.508 e. The van der Waals surface area contributed by atoms with Crippen LogP contribution in [0.1, 0.15) is 97.2 Å². The number of benzene rings is 6. The third kappa shape index (κ3) is 17.5. The van der Waals surface area contributed by atoms with Crippen LogP contribution in [0.4, 0.5) is 7.77 Å². The number of phenols is 2. The summed E-state index contributed by atoms with van der Waals surface area (Å²) in [5.41, 5.74) is 5.04. The Balaban J connectivity index is 0.000000499. The molecule has 0 aliphatic heterocycles. The van der Waals surface area contributed by atoms with Crippen LogP contribution in [0.25, 0.3) is 0 Å². The van der Waals surface area contributed by atoms with E-state index in [4.69, 9.17) is 8.92 Å². The van der Waals surface area contributed by atoms with Gasteiger partial charge in [-0.05, 0) is 106 Å². The molecule has 0 saturated heterocycles. The minimum Gasteiger partial charge on any atom is -0.508 e. The van der Waals surface area contributed by atoms with Gasteiger partial charge in [0.05, 0.1) is 13.4 Å². The SMILES string of the molecule is C.C.C.CC(C)(c1ccc(O)cc1)c1ccc(O)cc1.CC(C)(c1ccc(OS(=O)(=O)F)cc1)c1ccc(OS(=O)(=O)F)cc1.COc1ccc(C(C)(C)c2ccc(OS(C)(=O)=O)cc2)cc1. The molecule has 2 N–H and O–H groups in total. The molecule has 6 aromatic carbocycles. The van der Waals surface area contributed by atoms with E-state index >= 15 is 0 Å². The lowest BCUT2D eigenvalue weighted by molar-refractivity contribution is 0.414. The van der Waals surface area contributed by atoms with Gasteiger partial charge in [0.15, 0.2) is 0 Å². The summed E-state index contributed by atoms with van der Waals surface area (Å²) in [5, 5.41) is 18.6. The molecule has 0 unspecified atom stereocenters. The van der Waals surface area contributed by atoms with E-state index in [1.165, 1.54) is 24.3 Å². The lowest BCUT2D eigenvalue weighted by Gasteiger charge is -2.26. The van der Waals surface area contributed by atoms with Crippen molar-refractivity contribution in [1.29, 1.82) is 0 Å². The van der Waals surface area contributed by atoms with Crippen molar-refractivity contribution in [3.63, 3.8) is 0 Å². The first kappa shape index (κ1) is 58.8. The second kappa shape index (κ2) is 23.5. The fourth-order valence-corrected chi connectivity index (χ4v) is 7.59. The molecule has 0 heterocycles. The molecule has 12 nitrogen and oxygen atoms in total. The monoisotopic (exact) mass is 988 g/mol. The third-order valence-electron chi connectivity index (χ3n) is 10.4. The molecule has 17 heteroatoms. The van der Waals surface area contributed by atoms with Gasteiger partial charge in [0.25, 0.3) is 0 Å².